The van der Waals surface area contributed by atoms with E-state index in [1.807, 2.05) is 0 Å². The molecule has 0 spiro atoms. The van der Waals surface area contributed by atoms with Crippen LogP contribution in [-0.2, 0) is 0 Å². The van der Waals surface area contributed by atoms with Crippen molar-refractivity contribution in [2.75, 3.05) is 0 Å². The molecule has 10 heteroatoms. The average Bonchev–Trinajstić information content (AvgIpc) is 1.59. The number of fused-ring (bicyclic) bond motifs is 12. The molecule has 20 rings (SSSR count). The summed E-state index contributed by atoms with van der Waals surface area (Å²) in [5.74, 6) is 3.42. The van der Waals surface area contributed by atoms with Crippen molar-refractivity contribution in [1.29, 1.82) is 0 Å². The zero-order valence-corrected chi connectivity index (χ0v) is 53.8. The van der Waals surface area contributed by atoms with Crippen molar-refractivity contribution < 1.29 is 0 Å². The van der Waals surface area contributed by atoms with Crippen molar-refractivity contribution in [2.24, 2.45) is 0 Å². The van der Waals surface area contributed by atoms with Gasteiger partial charge in [-0.3, -0.25) is 0 Å². The minimum Gasteiger partial charge on any atom is -0.309 e. The van der Waals surface area contributed by atoms with Crippen LogP contribution in [0.4, 0.5) is 0 Å². The Morgan fingerprint density at radius 2 is 0.320 bits per heavy atom. The van der Waals surface area contributed by atoms with E-state index in [-0.39, 0.29) is 0 Å². The minimum absolute atomic E-state index is 0.563. The normalized spacial score (nSPS) is 11.8. The van der Waals surface area contributed by atoms with Crippen LogP contribution in [0, 0.1) is 0 Å². The second-order valence-corrected chi connectivity index (χ2v) is 25.4. The van der Waals surface area contributed by atoms with Crippen molar-refractivity contribution in [3.05, 3.63) is 340 Å². The Hall–Kier alpha value is -13.7. The highest BCUT2D eigenvalue weighted by molar-refractivity contribution is 6.12. The summed E-state index contributed by atoms with van der Waals surface area (Å²) >= 11 is 0. The van der Waals surface area contributed by atoms with Gasteiger partial charge in [-0.2, -0.15) is 0 Å². The number of aromatic nitrogens is 10. The lowest BCUT2D eigenvalue weighted by atomic mass is 10.0. The van der Waals surface area contributed by atoms with Crippen molar-refractivity contribution in [2.45, 2.75) is 0 Å². The third-order valence-corrected chi connectivity index (χ3v) is 19.7. The molecule has 0 N–H and O–H groups in total. The van der Waals surface area contributed by atoms with Gasteiger partial charge in [-0.15, -0.1) is 0 Å². The molecule has 0 atom stereocenters. The molecule has 0 aliphatic heterocycles. The summed E-state index contributed by atoms with van der Waals surface area (Å²) in [5, 5.41) is 9.72. The first-order valence-electron chi connectivity index (χ1n) is 33.7. The van der Waals surface area contributed by atoms with Crippen molar-refractivity contribution in [3.63, 3.8) is 0 Å². The number of nitrogens with zero attached hydrogens (tertiary/aromatic N) is 10. The highest BCUT2D eigenvalue weighted by atomic mass is 15.1. The van der Waals surface area contributed by atoms with Crippen LogP contribution in [0.2, 0.25) is 0 Å². The molecule has 10 nitrogen and oxygen atoms in total. The molecule has 0 saturated heterocycles. The zero-order valence-electron chi connectivity index (χ0n) is 53.8. The van der Waals surface area contributed by atoms with E-state index >= 15 is 0 Å². The van der Waals surface area contributed by atoms with Crippen LogP contribution >= 0.6 is 0 Å². The van der Waals surface area contributed by atoms with Gasteiger partial charge in [-0.25, -0.2) is 29.9 Å². The van der Waals surface area contributed by atoms with Gasteiger partial charge in [0.25, 0.3) is 0 Å². The van der Waals surface area contributed by atoms with Gasteiger partial charge in [0.2, 0.25) is 0 Å². The van der Waals surface area contributed by atoms with Crippen LogP contribution in [0.25, 0.3) is 189 Å². The molecule has 0 bridgehead atoms. The molecule has 6 aromatic heterocycles. The zero-order chi connectivity index (χ0) is 65.8. The van der Waals surface area contributed by atoms with E-state index in [4.69, 9.17) is 29.9 Å². The maximum atomic E-state index is 5.30. The fourth-order valence-electron chi connectivity index (χ4n) is 15.0. The van der Waals surface area contributed by atoms with E-state index in [1.54, 1.807) is 0 Å². The predicted molar refractivity (Wildman–Crippen MR) is 409 cm³/mol. The lowest BCUT2D eigenvalue weighted by molar-refractivity contribution is 1.07. The first-order chi connectivity index (χ1) is 49.6. The smallest absolute Gasteiger partial charge is 0.164 e. The van der Waals surface area contributed by atoms with E-state index in [1.165, 1.54) is 43.1 Å². The fourth-order valence-corrected chi connectivity index (χ4v) is 15.0. The predicted octanol–water partition coefficient (Wildman–Crippen LogP) is 22.1. The molecular formula is C90H56N10. The van der Waals surface area contributed by atoms with E-state index in [2.05, 4.69) is 358 Å². The molecule has 466 valence electrons. The summed E-state index contributed by atoms with van der Waals surface area (Å²) in [6.45, 7) is 0. The Labute approximate surface area is 574 Å². The highest BCUT2D eigenvalue weighted by Gasteiger charge is 2.21. The van der Waals surface area contributed by atoms with Crippen LogP contribution in [-0.4, -0.2) is 48.2 Å². The topological polar surface area (TPSA) is 97.1 Å². The molecule has 0 aliphatic carbocycles. The van der Waals surface area contributed by atoms with Crippen LogP contribution in [0.5, 0.6) is 0 Å². The number of para-hydroxylation sites is 8. The fraction of sp³-hybridized carbons (Fsp3) is 0. The van der Waals surface area contributed by atoms with E-state index in [0.29, 0.717) is 34.9 Å². The lowest BCUT2D eigenvalue weighted by Gasteiger charge is -2.12. The molecular weight excluding hydrogens is 1220 g/mol. The molecule has 0 saturated carbocycles. The van der Waals surface area contributed by atoms with Gasteiger partial charge in [0.05, 0.1) is 44.1 Å². The first-order valence-corrected chi connectivity index (χ1v) is 33.7. The maximum Gasteiger partial charge on any atom is 0.164 e. The third kappa shape index (κ3) is 9.34. The number of rotatable bonds is 11. The molecule has 0 fully saturated rings. The van der Waals surface area contributed by atoms with E-state index < -0.39 is 0 Å². The van der Waals surface area contributed by atoms with Gasteiger partial charge in [-0.05, 0) is 163 Å². The standard InChI is InChI=1S/C90H56N10/c1-9-28-77-69(20-1)70-21-2-10-29-78(70)97(77)65-48-40-59(41-49-65)86-91-85(92-87(93-86)60-42-50-66(51-43-60)98-79-30-11-3-22-71(79)72-23-4-12-31-80(72)98)58-38-36-57(37-39-58)63-18-17-19-64(56-63)90-95-88(61-44-52-67(53-45-61)99-81-32-13-5-24-73(81)74-25-6-14-33-82(74)99)94-89(96-90)62-46-54-68(55-47-62)100-83-34-15-7-26-75(83)76-27-8-16-35-84(76)100/h1-56H. The summed E-state index contributed by atoms with van der Waals surface area (Å²) in [6, 6.07) is 120. The highest BCUT2D eigenvalue weighted by Crippen LogP contribution is 2.39. The Kier molecular flexibility index (Phi) is 13.0. The largest absolute Gasteiger partial charge is 0.309 e. The molecule has 0 aliphatic rings. The Morgan fingerprint density at radius 3 is 0.550 bits per heavy atom. The molecule has 0 amide bonds. The van der Waals surface area contributed by atoms with Gasteiger partial charge in [0.1, 0.15) is 0 Å². The lowest BCUT2D eigenvalue weighted by Crippen LogP contribution is -2.01. The molecule has 20 aromatic rings. The maximum absolute atomic E-state index is 5.30. The Bertz CT molecular complexity index is 6050. The van der Waals surface area contributed by atoms with E-state index in [9.17, 15) is 0 Å². The summed E-state index contributed by atoms with van der Waals surface area (Å²) in [6.07, 6.45) is 0. The summed E-state index contributed by atoms with van der Waals surface area (Å²) in [5.41, 5.74) is 20.6. The molecule has 6 heterocycles. The second kappa shape index (κ2) is 23.0. The number of hydrogen-bond acceptors (Lipinski definition) is 6. The quantitative estimate of drug-likeness (QED) is 0.128. The van der Waals surface area contributed by atoms with Gasteiger partial charge in [-0.1, -0.05) is 188 Å². The van der Waals surface area contributed by atoms with Crippen LogP contribution in [0.15, 0.2) is 340 Å². The summed E-state index contributed by atoms with van der Waals surface area (Å²) in [7, 11) is 0. The average molecular weight is 1280 g/mol. The van der Waals surface area contributed by atoms with Crippen LogP contribution in [0.3, 0.4) is 0 Å². The second-order valence-electron chi connectivity index (χ2n) is 25.4. The number of benzene rings is 14. The van der Waals surface area contributed by atoms with Crippen molar-refractivity contribution in [3.8, 4) is 102 Å². The Morgan fingerprint density at radius 1 is 0.140 bits per heavy atom. The molecule has 14 aromatic carbocycles. The third-order valence-electron chi connectivity index (χ3n) is 19.7. The first kappa shape index (κ1) is 56.6. The van der Waals surface area contributed by atoms with Gasteiger partial charge in [0, 0.05) is 99.2 Å². The summed E-state index contributed by atoms with van der Waals surface area (Å²) < 4.78 is 9.31. The Balaban J connectivity index is 0.667. The minimum atomic E-state index is 0.563. The van der Waals surface area contributed by atoms with Gasteiger partial charge < -0.3 is 18.3 Å². The van der Waals surface area contributed by atoms with Crippen LogP contribution < -0.4 is 0 Å². The summed E-state index contributed by atoms with van der Waals surface area (Å²) in [4.78, 5) is 31.6. The van der Waals surface area contributed by atoms with E-state index in [0.717, 1.165) is 111 Å². The molecule has 0 radical (unpaired) electrons. The monoisotopic (exact) mass is 1280 g/mol. The molecule has 0 unspecified atom stereocenters. The van der Waals surface area contributed by atoms with Crippen molar-refractivity contribution in [1.82, 2.24) is 48.2 Å². The SMILES string of the molecule is c1cc(-c2ccc(-c3nc(-c4ccc(-n5c6ccccc6c6ccccc65)cc4)nc(-c4ccc(-n5c6ccccc6c6ccccc65)cc4)n3)cc2)cc(-c2nc(-c3ccc(-n4c5ccccc5c5ccccc54)cc3)nc(-c3ccc(-n4c5ccccc5c5ccccc54)cc3)n2)c1. The van der Waals surface area contributed by atoms with Crippen LogP contribution in [0.1, 0.15) is 0 Å². The number of hydrogen-bond donors (Lipinski definition) is 0. The van der Waals surface area contributed by atoms with Gasteiger partial charge >= 0.3 is 0 Å². The van der Waals surface area contributed by atoms with Gasteiger partial charge in [0.15, 0.2) is 34.9 Å². The van der Waals surface area contributed by atoms with Crippen molar-refractivity contribution >= 4 is 87.2 Å². The molecule has 100 heavy (non-hydrogen) atoms.